The highest BCUT2D eigenvalue weighted by Gasteiger charge is 2.29. The summed E-state index contributed by atoms with van der Waals surface area (Å²) in [6, 6.07) is 12.9. The molecule has 23 heavy (non-hydrogen) atoms. The molecule has 0 spiro atoms. The van der Waals surface area contributed by atoms with Gasteiger partial charge in [0, 0.05) is 45.0 Å². The lowest BCUT2D eigenvalue weighted by Gasteiger charge is -2.21. The number of benzene rings is 2. The highest BCUT2D eigenvalue weighted by molar-refractivity contribution is 6.75. The van der Waals surface area contributed by atoms with Gasteiger partial charge in [0.05, 0.1) is 0 Å². The van der Waals surface area contributed by atoms with E-state index in [1.165, 1.54) is 22.1 Å². The highest BCUT2D eigenvalue weighted by atomic mass is 35.6. The number of carboxylic acids is 1. The molecule has 0 atom stereocenters. The molecule has 0 aliphatic rings. The van der Waals surface area contributed by atoms with Crippen molar-refractivity contribution in [3.8, 4) is 0 Å². The lowest BCUT2D eigenvalue weighted by atomic mass is 10.1. The number of nitrogens with zero attached hydrogens (tertiary/aromatic N) is 2. The minimum absolute atomic E-state index is 1.27. The normalized spacial score (nSPS) is 10.7. The van der Waals surface area contributed by atoms with Gasteiger partial charge in [-0.1, -0.05) is 59.1 Å². The Bertz CT molecular complexity index is 640. The number of carbonyl (C=O) groups is 1. The van der Waals surface area contributed by atoms with Gasteiger partial charge >= 0.3 is 5.97 Å². The Kier molecular flexibility index (Phi) is 6.81. The minimum Gasteiger partial charge on any atom is -0.478 e. The first-order valence-corrected chi connectivity index (χ1v) is 7.85. The topological polar surface area (TPSA) is 43.8 Å². The smallest absolute Gasteiger partial charge is 0.356 e. The average Bonchev–Trinajstić information content (AvgIpc) is 2.45. The van der Waals surface area contributed by atoms with Crippen molar-refractivity contribution in [2.75, 3.05) is 38.0 Å². The Morgan fingerprint density at radius 2 is 1.26 bits per heavy atom. The lowest BCUT2D eigenvalue weighted by Crippen LogP contribution is -2.16. The fraction of sp³-hybridized carbons (Fsp3) is 0.312. The fourth-order valence-electron chi connectivity index (χ4n) is 2.05. The maximum Gasteiger partial charge on any atom is 0.356 e. The van der Waals surface area contributed by atoms with E-state index in [4.69, 9.17) is 39.9 Å². The quantitative estimate of drug-likeness (QED) is 0.787. The van der Waals surface area contributed by atoms with E-state index in [-0.39, 0.29) is 0 Å². The Hall–Kier alpha value is -1.36. The number of halogens is 3. The van der Waals surface area contributed by atoms with E-state index < -0.39 is 9.76 Å². The van der Waals surface area contributed by atoms with Gasteiger partial charge in [0.25, 0.3) is 3.79 Å². The van der Waals surface area contributed by atoms with Crippen molar-refractivity contribution in [1.29, 1.82) is 0 Å². The Morgan fingerprint density at radius 3 is 1.52 bits per heavy atom. The number of fused-ring (bicyclic) bond motifs is 1. The zero-order valence-electron chi connectivity index (χ0n) is 13.3. The Balaban J connectivity index is 0.000000322. The number of anilines is 2. The summed E-state index contributed by atoms with van der Waals surface area (Å²) in [6.45, 7) is 0. The summed E-state index contributed by atoms with van der Waals surface area (Å²) in [5, 5.41) is 10.5. The molecule has 0 aliphatic heterocycles. The molecule has 0 amide bonds. The van der Waals surface area contributed by atoms with Crippen LogP contribution in [0.15, 0.2) is 36.4 Å². The first-order chi connectivity index (χ1) is 10.6. The molecule has 2 aromatic carbocycles. The van der Waals surface area contributed by atoms with E-state index in [9.17, 15) is 4.79 Å². The van der Waals surface area contributed by atoms with Crippen molar-refractivity contribution in [3.63, 3.8) is 0 Å². The zero-order valence-corrected chi connectivity index (χ0v) is 15.6. The van der Waals surface area contributed by atoms with Crippen LogP contribution < -0.4 is 9.80 Å². The van der Waals surface area contributed by atoms with Crippen LogP contribution >= 0.6 is 34.8 Å². The average molecular weight is 378 g/mol. The third-order valence-electron chi connectivity index (χ3n) is 3.07. The molecule has 0 aliphatic carbocycles. The predicted molar refractivity (Wildman–Crippen MR) is 101 cm³/mol. The number of aliphatic carboxylic acids is 1. The SMILES string of the molecule is CN(C)c1cccc2cccc(N(C)C)c12.O=C(O)C(Cl)(Cl)Cl. The van der Waals surface area contributed by atoms with Gasteiger partial charge in [0.2, 0.25) is 0 Å². The van der Waals surface area contributed by atoms with Crippen LogP contribution in [-0.2, 0) is 4.79 Å². The number of hydrogen-bond acceptors (Lipinski definition) is 3. The standard InChI is InChI=1S/C14H18N2.C2HCl3O2/c1-15(2)12-9-5-7-11-8-6-10-13(14(11)12)16(3)4;3-2(4,5)1(6)7/h5-10H,1-4H3;(H,6,7). The van der Waals surface area contributed by atoms with Crippen LogP contribution in [0.25, 0.3) is 10.8 Å². The fourth-order valence-corrected chi connectivity index (χ4v) is 2.05. The summed E-state index contributed by atoms with van der Waals surface area (Å²) in [4.78, 5) is 13.9. The van der Waals surface area contributed by atoms with Gasteiger partial charge in [-0.05, 0) is 17.5 Å². The molecule has 1 N–H and O–H groups in total. The van der Waals surface area contributed by atoms with Crippen molar-refractivity contribution in [2.45, 2.75) is 3.79 Å². The molecule has 0 fully saturated rings. The molecule has 2 aromatic rings. The van der Waals surface area contributed by atoms with Gasteiger partial charge in [-0.3, -0.25) is 0 Å². The number of alkyl halides is 3. The second kappa shape index (κ2) is 7.95. The van der Waals surface area contributed by atoms with Gasteiger partial charge in [-0.2, -0.15) is 0 Å². The molecule has 0 aromatic heterocycles. The van der Waals surface area contributed by atoms with Gasteiger partial charge in [-0.15, -0.1) is 0 Å². The first kappa shape index (κ1) is 19.7. The van der Waals surface area contributed by atoms with Gasteiger partial charge in [0.15, 0.2) is 0 Å². The molecule has 0 bridgehead atoms. The van der Waals surface area contributed by atoms with Crippen molar-refractivity contribution in [1.82, 2.24) is 0 Å². The molecule has 2 rings (SSSR count). The molecule has 0 radical (unpaired) electrons. The molecular weight excluding hydrogens is 359 g/mol. The van der Waals surface area contributed by atoms with Crippen LogP contribution in [0.2, 0.25) is 0 Å². The molecule has 0 saturated carbocycles. The molecule has 126 valence electrons. The molecule has 0 saturated heterocycles. The van der Waals surface area contributed by atoms with E-state index in [0.717, 1.165) is 0 Å². The summed E-state index contributed by atoms with van der Waals surface area (Å²) in [5.74, 6) is -1.46. The van der Waals surface area contributed by atoms with Gasteiger partial charge in [-0.25, -0.2) is 4.79 Å². The highest BCUT2D eigenvalue weighted by Crippen LogP contribution is 2.33. The monoisotopic (exact) mass is 376 g/mol. The maximum atomic E-state index is 9.62. The van der Waals surface area contributed by atoms with Gasteiger partial charge in [0.1, 0.15) is 0 Å². The minimum atomic E-state index is -2.17. The van der Waals surface area contributed by atoms with Gasteiger partial charge < -0.3 is 14.9 Å². The predicted octanol–water partition coefficient (Wildman–Crippen LogP) is 4.41. The van der Waals surface area contributed by atoms with E-state index >= 15 is 0 Å². The molecule has 0 unspecified atom stereocenters. The third-order valence-corrected chi connectivity index (χ3v) is 3.55. The van der Waals surface area contributed by atoms with Crippen molar-refractivity contribution in [2.24, 2.45) is 0 Å². The van der Waals surface area contributed by atoms with Crippen LogP contribution in [0.5, 0.6) is 0 Å². The number of carboxylic acid groups (broad SMARTS) is 1. The molecule has 0 heterocycles. The summed E-state index contributed by atoms with van der Waals surface area (Å²) in [6.07, 6.45) is 0. The summed E-state index contributed by atoms with van der Waals surface area (Å²) < 4.78 is -2.17. The number of rotatable bonds is 2. The Morgan fingerprint density at radius 1 is 0.913 bits per heavy atom. The second-order valence-electron chi connectivity index (χ2n) is 5.24. The Labute approximate surface area is 151 Å². The molecule has 4 nitrogen and oxygen atoms in total. The first-order valence-electron chi connectivity index (χ1n) is 6.72. The van der Waals surface area contributed by atoms with Crippen molar-refractivity contribution < 1.29 is 9.90 Å². The maximum absolute atomic E-state index is 9.62. The van der Waals surface area contributed by atoms with Crippen LogP contribution in [0.3, 0.4) is 0 Å². The van der Waals surface area contributed by atoms with Crippen LogP contribution in [0.1, 0.15) is 0 Å². The van der Waals surface area contributed by atoms with E-state index in [2.05, 4.69) is 74.4 Å². The number of hydrogen-bond donors (Lipinski definition) is 1. The van der Waals surface area contributed by atoms with Crippen molar-refractivity contribution in [3.05, 3.63) is 36.4 Å². The summed E-state index contributed by atoms with van der Waals surface area (Å²) >= 11 is 14.4. The van der Waals surface area contributed by atoms with E-state index in [0.29, 0.717) is 0 Å². The van der Waals surface area contributed by atoms with E-state index in [1.54, 1.807) is 0 Å². The van der Waals surface area contributed by atoms with E-state index in [1.807, 2.05) is 0 Å². The zero-order chi connectivity index (χ0) is 17.8. The molecule has 7 heteroatoms. The summed E-state index contributed by atoms with van der Waals surface area (Å²) in [5.41, 5.74) is 2.53. The largest absolute Gasteiger partial charge is 0.478 e. The lowest BCUT2D eigenvalue weighted by molar-refractivity contribution is -0.135. The second-order valence-corrected chi connectivity index (χ2v) is 7.53. The van der Waals surface area contributed by atoms with Crippen LogP contribution in [-0.4, -0.2) is 43.1 Å². The summed E-state index contributed by atoms with van der Waals surface area (Å²) in [7, 11) is 8.34. The molecular formula is C16H19Cl3N2O2. The van der Waals surface area contributed by atoms with Crippen molar-refractivity contribution >= 4 is 62.9 Å². The van der Waals surface area contributed by atoms with Crippen LogP contribution in [0, 0.1) is 0 Å². The third kappa shape index (κ3) is 5.34. The van der Waals surface area contributed by atoms with Crippen LogP contribution in [0.4, 0.5) is 11.4 Å².